The Hall–Kier alpha value is -0.780. The van der Waals surface area contributed by atoms with Crippen molar-refractivity contribution in [1.29, 1.82) is 0 Å². The van der Waals surface area contributed by atoms with E-state index in [1.54, 1.807) is 94.6 Å². The molecule has 36 heavy (non-hydrogen) atoms. The fourth-order valence-corrected chi connectivity index (χ4v) is 12.4. The lowest BCUT2D eigenvalue weighted by molar-refractivity contribution is -0.120. The summed E-state index contributed by atoms with van der Waals surface area (Å²) in [4.78, 5) is 0. The van der Waals surface area contributed by atoms with Crippen molar-refractivity contribution in [1.82, 2.24) is 0 Å². The molecule has 0 amide bonds. The predicted octanol–water partition coefficient (Wildman–Crippen LogP) is 9.73. The molecule has 1 radical (unpaired) electrons. The van der Waals surface area contributed by atoms with Crippen LogP contribution in [0.2, 0.25) is 0 Å². The third kappa shape index (κ3) is 3.97. The minimum Gasteiger partial charge on any atom is -0.0763 e. The van der Waals surface area contributed by atoms with Gasteiger partial charge < -0.3 is 0 Å². The number of rotatable bonds is 5. The summed E-state index contributed by atoms with van der Waals surface area (Å²) in [6, 6.07) is 0. The molecule has 0 N–H and O–H groups in total. The molecule has 0 bridgehead atoms. The Bertz CT molecular complexity index is 896. The van der Waals surface area contributed by atoms with Crippen LogP contribution in [0.3, 0.4) is 0 Å². The lowest BCUT2D eigenvalue weighted by atomic mass is 9.44. The molecule has 6 saturated carbocycles. The van der Waals surface area contributed by atoms with Crippen LogP contribution in [0.25, 0.3) is 0 Å². The molecule has 0 saturated heterocycles. The molecular weight excluding hydrogens is 432 g/mol. The van der Waals surface area contributed by atoms with E-state index < -0.39 is 0 Å². The van der Waals surface area contributed by atoms with Gasteiger partial charge in [-0.1, -0.05) is 49.1 Å². The highest BCUT2D eigenvalue weighted by Crippen LogP contribution is 2.64. The van der Waals surface area contributed by atoms with Gasteiger partial charge in [-0.15, -0.1) is 0 Å². The second-order valence-electron chi connectivity index (χ2n) is 15.1. The maximum absolute atomic E-state index is 2.41. The molecule has 0 spiro atoms. The first kappa shape index (κ1) is 23.1. The van der Waals surface area contributed by atoms with E-state index in [1.807, 2.05) is 0 Å². The molecule has 0 aromatic rings. The van der Waals surface area contributed by atoms with Gasteiger partial charge in [-0.3, -0.25) is 0 Å². The van der Waals surface area contributed by atoms with Crippen LogP contribution in [0, 0.1) is 77.4 Å². The van der Waals surface area contributed by atoms with Gasteiger partial charge in [-0.05, 0) is 166 Å². The first-order valence-corrected chi connectivity index (χ1v) is 16.8. The van der Waals surface area contributed by atoms with E-state index >= 15 is 0 Å². The molecule has 8 rings (SSSR count). The summed E-state index contributed by atoms with van der Waals surface area (Å²) >= 11 is 0. The van der Waals surface area contributed by atoms with Gasteiger partial charge in [0.2, 0.25) is 0 Å². The van der Waals surface area contributed by atoms with Crippen molar-refractivity contribution in [3.63, 3.8) is 0 Å². The Balaban J connectivity index is 1.05. The summed E-state index contributed by atoms with van der Waals surface area (Å²) in [5.74, 6) is 12.9. The third-order valence-corrected chi connectivity index (χ3v) is 13.9. The average Bonchev–Trinajstić information content (AvgIpc) is 3.74. The Labute approximate surface area is 221 Å². The van der Waals surface area contributed by atoms with E-state index in [-0.39, 0.29) is 0 Å². The van der Waals surface area contributed by atoms with Gasteiger partial charge in [-0.2, -0.15) is 0 Å². The Morgan fingerprint density at radius 1 is 0.528 bits per heavy atom. The monoisotopic (exact) mass is 483 g/mol. The minimum absolute atomic E-state index is 0.896. The molecule has 0 nitrogen and oxygen atoms in total. The second kappa shape index (κ2) is 9.45. The fraction of sp³-hybridized carbons (Fsp3) is 0.806. The summed E-state index contributed by atoms with van der Waals surface area (Å²) < 4.78 is 0. The lowest BCUT2D eigenvalue weighted by Crippen LogP contribution is -2.54. The van der Waals surface area contributed by atoms with Gasteiger partial charge in [0.1, 0.15) is 0 Å². The quantitative estimate of drug-likeness (QED) is 0.365. The molecule has 8 aliphatic carbocycles. The fourth-order valence-electron chi connectivity index (χ4n) is 12.4. The smallest absolute Gasteiger partial charge is 0.00832 e. The van der Waals surface area contributed by atoms with Crippen molar-refractivity contribution < 1.29 is 0 Å². The van der Waals surface area contributed by atoms with Crippen molar-refractivity contribution in [2.75, 3.05) is 0 Å². The third-order valence-electron chi connectivity index (χ3n) is 13.9. The number of allylic oxidation sites excluding steroid dienone is 6. The molecule has 0 heteroatoms. The van der Waals surface area contributed by atoms with Gasteiger partial charge in [-0.25, -0.2) is 0 Å². The summed E-state index contributed by atoms with van der Waals surface area (Å²) in [5, 5.41) is 0. The summed E-state index contributed by atoms with van der Waals surface area (Å²) in [6.45, 7) is 0. The molecule has 6 fully saturated rings. The molecule has 8 unspecified atom stereocenters. The van der Waals surface area contributed by atoms with Crippen LogP contribution in [-0.4, -0.2) is 0 Å². The molecule has 0 aromatic carbocycles. The maximum Gasteiger partial charge on any atom is 0.00832 e. The highest BCUT2D eigenvalue weighted by Gasteiger charge is 2.55. The summed E-state index contributed by atoms with van der Waals surface area (Å²) in [7, 11) is 0. The van der Waals surface area contributed by atoms with Crippen molar-refractivity contribution in [2.45, 2.75) is 109 Å². The zero-order valence-corrected chi connectivity index (χ0v) is 22.8. The molecule has 195 valence electrons. The average molecular weight is 484 g/mol. The van der Waals surface area contributed by atoms with Gasteiger partial charge in [0.15, 0.2) is 0 Å². The highest BCUT2D eigenvalue weighted by molar-refractivity contribution is 5.41. The lowest BCUT2D eigenvalue weighted by Gasteiger charge is -2.61. The standard InChI is InChI=1S/C36H51/c1-3-23(4-1)24-9-13-29(14-10-24)34(30-15-11-26(12-16-30)25-7-8-25)32-21-20-31-18-17-27-5-2-6-28-19-22-33(32)36(31)35(27)28/h1,3-4,7-8,24,26-36H,2,5-6,9-22H2. The molecule has 0 aliphatic heterocycles. The van der Waals surface area contributed by atoms with Crippen LogP contribution in [-0.2, 0) is 0 Å². The van der Waals surface area contributed by atoms with Crippen LogP contribution >= 0.6 is 0 Å². The topological polar surface area (TPSA) is 0 Å². The molecular formula is C36H51. The largest absolute Gasteiger partial charge is 0.0763 e. The van der Waals surface area contributed by atoms with Gasteiger partial charge in [0, 0.05) is 6.42 Å². The zero-order chi connectivity index (χ0) is 23.6. The van der Waals surface area contributed by atoms with Crippen molar-refractivity contribution in [3.05, 3.63) is 41.9 Å². The van der Waals surface area contributed by atoms with E-state index in [0.29, 0.717) is 0 Å². The molecule has 8 atom stereocenters. The maximum atomic E-state index is 2.41. The molecule has 0 heterocycles. The molecule has 8 aliphatic rings. The minimum atomic E-state index is 0.896. The van der Waals surface area contributed by atoms with Gasteiger partial charge >= 0.3 is 0 Å². The summed E-state index contributed by atoms with van der Waals surface area (Å²) in [6.07, 6.45) is 38.6. The first-order chi connectivity index (χ1) is 17.8. The van der Waals surface area contributed by atoms with E-state index in [1.165, 1.54) is 25.7 Å². The van der Waals surface area contributed by atoms with Gasteiger partial charge in [0.25, 0.3) is 0 Å². The highest BCUT2D eigenvalue weighted by atomic mass is 14.6. The van der Waals surface area contributed by atoms with E-state index in [0.717, 1.165) is 71.0 Å². The van der Waals surface area contributed by atoms with Crippen molar-refractivity contribution in [3.8, 4) is 0 Å². The van der Waals surface area contributed by atoms with E-state index in [4.69, 9.17) is 0 Å². The summed E-state index contributed by atoms with van der Waals surface area (Å²) in [5.41, 5.74) is 3.40. The SMILES string of the molecule is [CH]1C=C1C1CCC(C(C2CCC(C3=CC=C3)CC2)C2CCC3CCC4CCCC5CCC2C3C45)CC1. The predicted molar refractivity (Wildman–Crippen MR) is 150 cm³/mol. The Morgan fingerprint density at radius 2 is 1.08 bits per heavy atom. The van der Waals surface area contributed by atoms with Crippen LogP contribution < -0.4 is 0 Å². The van der Waals surface area contributed by atoms with E-state index in [2.05, 4.69) is 30.7 Å². The van der Waals surface area contributed by atoms with Crippen LogP contribution in [0.5, 0.6) is 0 Å². The van der Waals surface area contributed by atoms with Crippen molar-refractivity contribution >= 4 is 0 Å². The van der Waals surface area contributed by atoms with Crippen LogP contribution in [0.15, 0.2) is 35.5 Å². The van der Waals surface area contributed by atoms with E-state index in [9.17, 15) is 0 Å². The first-order valence-electron chi connectivity index (χ1n) is 16.8. The number of hydrogen-bond donors (Lipinski definition) is 0. The van der Waals surface area contributed by atoms with Crippen LogP contribution in [0.4, 0.5) is 0 Å². The second-order valence-corrected chi connectivity index (χ2v) is 15.1. The van der Waals surface area contributed by atoms with Crippen LogP contribution in [0.1, 0.15) is 109 Å². The normalized spacial score (nSPS) is 50.3. The zero-order valence-electron chi connectivity index (χ0n) is 22.8. The Kier molecular flexibility index (Phi) is 6.07. The molecule has 0 aromatic heterocycles. The van der Waals surface area contributed by atoms with Gasteiger partial charge in [0.05, 0.1) is 0 Å². The van der Waals surface area contributed by atoms with Crippen molar-refractivity contribution in [2.24, 2.45) is 71.0 Å². The Morgan fingerprint density at radius 3 is 1.67 bits per heavy atom. The number of hydrogen-bond acceptors (Lipinski definition) is 0.